The van der Waals surface area contributed by atoms with Crippen LogP contribution in [0.15, 0.2) is 36.4 Å². The van der Waals surface area contributed by atoms with Crippen LogP contribution in [0.5, 0.6) is 5.75 Å². The predicted octanol–water partition coefficient (Wildman–Crippen LogP) is 5.58. The van der Waals surface area contributed by atoms with Crippen LogP contribution < -0.4 is 4.74 Å². The first kappa shape index (κ1) is 19.5. The second-order valence-electron chi connectivity index (χ2n) is 8.32. The molecule has 5 rings (SSSR count). The molecule has 1 aliphatic heterocycles. The van der Waals surface area contributed by atoms with Gasteiger partial charge >= 0.3 is 0 Å². The van der Waals surface area contributed by atoms with Gasteiger partial charge in [0.2, 0.25) is 0 Å². The topological polar surface area (TPSA) is 29.5 Å². The number of hydrogen-bond donors (Lipinski definition) is 0. The van der Waals surface area contributed by atoms with Gasteiger partial charge in [-0.05, 0) is 36.6 Å². The zero-order valence-electron chi connectivity index (χ0n) is 15.8. The number of halogens is 4. The van der Waals surface area contributed by atoms with Crippen molar-refractivity contribution in [2.75, 3.05) is 13.7 Å². The lowest BCUT2D eigenvalue weighted by molar-refractivity contribution is 0.0695. The second-order valence-corrected chi connectivity index (χ2v) is 12.1. The maximum Gasteiger partial charge on any atom is 0.254 e. The summed E-state index contributed by atoms with van der Waals surface area (Å²) in [6, 6.07) is 10.6. The molecule has 2 aliphatic carbocycles. The summed E-state index contributed by atoms with van der Waals surface area (Å²) >= 11 is 6.56. The van der Waals surface area contributed by atoms with Crippen molar-refractivity contribution in [3.8, 4) is 5.75 Å². The SMILES string of the molecule is COc1ccc(CN2CC3(CC3)c3c(ccc(C4(F)CC4(Br)Br)c3F)C2=O)cc1. The van der Waals surface area contributed by atoms with Crippen molar-refractivity contribution in [2.45, 2.75) is 40.1 Å². The van der Waals surface area contributed by atoms with Crippen molar-refractivity contribution in [2.24, 2.45) is 0 Å². The van der Waals surface area contributed by atoms with Gasteiger partial charge in [-0.3, -0.25) is 4.79 Å². The molecule has 2 fully saturated rings. The number of benzene rings is 2. The van der Waals surface area contributed by atoms with Crippen LogP contribution in [-0.2, 0) is 17.6 Å². The van der Waals surface area contributed by atoms with E-state index in [1.165, 1.54) is 6.07 Å². The number of nitrogens with zero attached hydrogens (tertiary/aromatic N) is 1. The van der Waals surface area contributed by atoms with Gasteiger partial charge < -0.3 is 9.64 Å². The van der Waals surface area contributed by atoms with Crippen LogP contribution in [0.4, 0.5) is 8.78 Å². The molecule has 3 nitrogen and oxygen atoms in total. The molecule has 1 amide bonds. The molecule has 1 unspecified atom stereocenters. The molecule has 7 heteroatoms. The molecule has 0 aromatic heterocycles. The Bertz CT molecular complexity index is 1020. The number of carbonyl (C=O) groups is 1. The maximum atomic E-state index is 15.5. The van der Waals surface area contributed by atoms with Crippen LogP contribution >= 0.6 is 31.9 Å². The maximum absolute atomic E-state index is 15.5. The van der Waals surface area contributed by atoms with Crippen molar-refractivity contribution >= 4 is 37.8 Å². The summed E-state index contributed by atoms with van der Waals surface area (Å²) in [5.74, 6) is -0.000570. The molecule has 3 aliphatic rings. The highest BCUT2D eigenvalue weighted by Crippen LogP contribution is 2.69. The van der Waals surface area contributed by atoms with E-state index in [2.05, 4.69) is 31.9 Å². The normalized spacial score (nSPS) is 25.7. The van der Waals surface area contributed by atoms with Gasteiger partial charge in [-0.1, -0.05) is 50.1 Å². The Morgan fingerprint density at radius 3 is 2.34 bits per heavy atom. The number of methoxy groups -OCH3 is 1. The smallest absolute Gasteiger partial charge is 0.254 e. The molecular weight excluding hydrogens is 508 g/mol. The first-order valence-corrected chi connectivity index (χ1v) is 11.1. The van der Waals surface area contributed by atoms with Crippen LogP contribution in [0.2, 0.25) is 0 Å². The summed E-state index contributed by atoms with van der Waals surface area (Å²) in [4.78, 5) is 14.9. The van der Waals surface area contributed by atoms with Gasteiger partial charge in [-0.25, -0.2) is 8.78 Å². The Labute approximate surface area is 184 Å². The number of ether oxygens (including phenoxy) is 1. The largest absolute Gasteiger partial charge is 0.497 e. The Morgan fingerprint density at radius 1 is 1.14 bits per heavy atom. The zero-order valence-corrected chi connectivity index (χ0v) is 18.9. The minimum Gasteiger partial charge on any atom is -0.497 e. The van der Waals surface area contributed by atoms with Crippen LogP contribution in [0, 0.1) is 5.82 Å². The Balaban J connectivity index is 1.50. The molecule has 1 spiro atoms. The van der Waals surface area contributed by atoms with E-state index in [-0.39, 0.29) is 17.9 Å². The summed E-state index contributed by atoms with van der Waals surface area (Å²) in [7, 11) is 1.61. The molecule has 152 valence electrons. The Kier molecular flexibility index (Phi) is 4.21. The summed E-state index contributed by atoms with van der Waals surface area (Å²) in [5.41, 5.74) is -0.409. The monoisotopic (exact) mass is 525 g/mol. The van der Waals surface area contributed by atoms with Crippen molar-refractivity contribution < 1.29 is 18.3 Å². The Morgan fingerprint density at radius 2 is 1.79 bits per heavy atom. The predicted molar refractivity (Wildman–Crippen MR) is 113 cm³/mol. The highest BCUT2D eigenvalue weighted by Gasteiger charge is 2.69. The molecule has 0 bridgehead atoms. The molecule has 0 saturated heterocycles. The van der Waals surface area contributed by atoms with Crippen molar-refractivity contribution in [3.05, 3.63) is 64.5 Å². The van der Waals surface area contributed by atoms with E-state index in [1.54, 1.807) is 18.1 Å². The number of amides is 1. The average molecular weight is 527 g/mol. The van der Waals surface area contributed by atoms with Gasteiger partial charge in [0.15, 0.2) is 5.67 Å². The number of rotatable bonds is 4. The molecular formula is C22H19Br2F2NO2. The van der Waals surface area contributed by atoms with Gasteiger partial charge in [-0.2, -0.15) is 0 Å². The lowest BCUT2D eigenvalue weighted by Crippen LogP contribution is -2.43. The van der Waals surface area contributed by atoms with Gasteiger partial charge in [-0.15, -0.1) is 0 Å². The quantitative estimate of drug-likeness (QED) is 0.487. The van der Waals surface area contributed by atoms with Gasteiger partial charge in [0, 0.05) is 41.6 Å². The van der Waals surface area contributed by atoms with Crippen LogP contribution in [0.1, 0.15) is 46.3 Å². The van der Waals surface area contributed by atoms with Gasteiger partial charge in [0.25, 0.3) is 5.91 Å². The summed E-state index contributed by atoms with van der Waals surface area (Å²) in [6.45, 7) is 0.907. The first-order chi connectivity index (χ1) is 13.7. The summed E-state index contributed by atoms with van der Waals surface area (Å²) in [5, 5.41) is 0. The molecule has 2 aromatic rings. The third kappa shape index (κ3) is 2.87. The fourth-order valence-corrected chi connectivity index (χ4v) is 5.66. The molecule has 1 heterocycles. The molecule has 1 atom stereocenters. The van der Waals surface area contributed by atoms with Crippen molar-refractivity contribution in [1.29, 1.82) is 0 Å². The van der Waals surface area contributed by atoms with Gasteiger partial charge in [0.1, 0.15) is 14.8 Å². The summed E-state index contributed by atoms with van der Waals surface area (Å²) in [6.07, 6.45) is 1.76. The third-order valence-corrected chi connectivity index (χ3v) is 8.23. The fourth-order valence-electron chi connectivity index (χ4n) is 4.46. The average Bonchev–Trinajstić information content (AvgIpc) is 3.56. The number of carbonyl (C=O) groups excluding carboxylic acids is 1. The van der Waals surface area contributed by atoms with E-state index in [1.807, 2.05) is 24.3 Å². The standard InChI is InChI=1S/C22H19Br2F2NO2/c1-29-14-4-2-13(3-5-14)10-27-12-20(8-9-20)17-15(19(27)28)6-7-16(18(17)25)21(26)11-22(21,23)24/h2-7H,8-12H2,1H3. The summed E-state index contributed by atoms with van der Waals surface area (Å²) < 4.78 is 35.0. The highest BCUT2D eigenvalue weighted by molar-refractivity contribution is 9.25. The van der Waals surface area contributed by atoms with Crippen LogP contribution in [0.25, 0.3) is 0 Å². The third-order valence-electron chi connectivity index (χ3n) is 6.42. The number of fused-ring (bicyclic) bond motifs is 2. The second kappa shape index (κ2) is 6.27. The van der Waals surface area contributed by atoms with Crippen molar-refractivity contribution in [1.82, 2.24) is 4.90 Å². The molecule has 0 radical (unpaired) electrons. The molecule has 2 saturated carbocycles. The zero-order chi connectivity index (χ0) is 20.6. The number of alkyl halides is 3. The van der Waals surface area contributed by atoms with Gasteiger partial charge in [0.05, 0.1) is 7.11 Å². The van der Waals surface area contributed by atoms with E-state index < -0.39 is 20.1 Å². The minimum atomic E-state index is -1.80. The van der Waals surface area contributed by atoms with Crippen LogP contribution in [0.3, 0.4) is 0 Å². The van der Waals surface area contributed by atoms with E-state index in [0.29, 0.717) is 24.2 Å². The van der Waals surface area contributed by atoms with E-state index in [0.717, 1.165) is 24.2 Å². The molecule has 0 N–H and O–H groups in total. The van der Waals surface area contributed by atoms with E-state index in [4.69, 9.17) is 4.74 Å². The van der Waals surface area contributed by atoms with E-state index >= 15 is 8.78 Å². The Hall–Kier alpha value is -1.47. The lowest BCUT2D eigenvalue weighted by Gasteiger charge is -2.35. The number of hydrogen-bond acceptors (Lipinski definition) is 2. The highest BCUT2D eigenvalue weighted by atomic mass is 79.9. The van der Waals surface area contributed by atoms with E-state index in [9.17, 15) is 4.79 Å². The first-order valence-electron chi connectivity index (χ1n) is 9.53. The molecule has 29 heavy (non-hydrogen) atoms. The van der Waals surface area contributed by atoms with Crippen LogP contribution in [-0.4, -0.2) is 27.7 Å². The van der Waals surface area contributed by atoms with Crippen molar-refractivity contribution in [3.63, 3.8) is 0 Å². The molecule has 2 aromatic carbocycles. The fraction of sp³-hybridized carbons (Fsp3) is 0.409. The lowest BCUT2D eigenvalue weighted by atomic mass is 9.83. The minimum absolute atomic E-state index is 0.0349.